The fourth-order valence-electron chi connectivity index (χ4n) is 3.45. The van der Waals surface area contributed by atoms with E-state index in [0.29, 0.717) is 31.7 Å². The number of hydrogen-bond donors (Lipinski definition) is 1. The lowest BCUT2D eigenvalue weighted by molar-refractivity contribution is -0.119. The SMILES string of the molecule is CCc1ccc(Cc2nnc(NC(=O)C3CCCN3S(=O)(=O)c3cccs3)o2)cc1. The highest BCUT2D eigenvalue weighted by molar-refractivity contribution is 7.91. The number of amides is 1. The fraction of sp³-hybridized carbons (Fsp3) is 0.350. The van der Waals surface area contributed by atoms with Crippen LogP contribution < -0.4 is 5.32 Å². The van der Waals surface area contributed by atoms with Crippen LogP contribution in [-0.4, -0.2) is 41.4 Å². The lowest BCUT2D eigenvalue weighted by Crippen LogP contribution is -2.42. The average Bonchev–Trinajstić information content (AvgIpc) is 3.50. The number of rotatable bonds is 7. The number of hydrogen-bond acceptors (Lipinski definition) is 7. The molecule has 0 spiro atoms. The molecule has 1 N–H and O–H groups in total. The Morgan fingerprint density at radius 3 is 2.70 bits per heavy atom. The van der Waals surface area contributed by atoms with E-state index in [1.807, 2.05) is 12.1 Å². The number of aromatic nitrogens is 2. The van der Waals surface area contributed by atoms with Gasteiger partial charge in [0.15, 0.2) is 0 Å². The maximum absolute atomic E-state index is 12.8. The molecular formula is C20H22N4O4S2. The van der Waals surface area contributed by atoms with Crippen LogP contribution in [0, 0.1) is 0 Å². The quantitative estimate of drug-likeness (QED) is 0.598. The van der Waals surface area contributed by atoms with Crippen molar-refractivity contribution < 1.29 is 17.6 Å². The van der Waals surface area contributed by atoms with Crippen LogP contribution in [-0.2, 0) is 27.7 Å². The molecule has 0 saturated carbocycles. The highest BCUT2D eigenvalue weighted by Gasteiger charge is 2.40. The summed E-state index contributed by atoms with van der Waals surface area (Å²) in [5, 5.41) is 12.1. The molecule has 1 unspecified atom stereocenters. The Morgan fingerprint density at radius 2 is 2.00 bits per heavy atom. The Labute approximate surface area is 179 Å². The van der Waals surface area contributed by atoms with Gasteiger partial charge in [-0.1, -0.05) is 42.4 Å². The molecule has 4 rings (SSSR count). The Balaban J connectivity index is 1.42. The number of carbonyl (C=O) groups is 1. The van der Waals surface area contributed by atoms with Gasteiger partial charge in [0, 0.05) is 6.54 Å². The number of benzene rings is 1. The Hall–Kier alpha value is -2.56. The number of anilines is 1. The summed E-state index contributed by atoms with van der Waals surface area (Å²) in [6, 6.07) is 10.5. The van der Waals surface area contributed by atoms with Crippen molar-refractivity contribution >= 4 is 33.3 Å². The lowest BCUT2D eigenvalue weighted by atomic mass is 10.1. The normalized spacial score (nSPS) is 17.3. The minimum atomic E-state index is -3.70. The van der Waals surface area contributed by atoms with E-state index in [4.69, 9.17) is 4.42 Å². The molecule has 1 amide bonds. The molecule has 1 fully saturated rings. The second kappa shape index (κ2) is 8.66. The van der Waals surface area contributed by atoms with Crippen LogP contribution in [0.15, 0.2) is 50.4 Å². The standard InChI is InChI=1S/C20H22N4O4S2/c1-2-14-7-9-15(10-8-14)13-17-22-23-20(28-17)21-19(25)16-5-3-11-24(16)30(26,27)18-6-4-12-29-18/h4,6-10,12,16H,2-3,5,11,13H2,1H3,(H,21,23,25). The number of sulfonamides is 1. The molecule has 1 saturated heterocycles. The first-order chi connectivity index (χ1) is 14.5. The van der Waals surface area contributed by atoms with Crippen molar-refractivity contribution in [3.63, 3.8) is 0 Å². The van der Waals surface area contributed by atoms with Crippen molar-refractivity contribution in [2.24, 2.45) is 0 Å². The second-order valence-electron chi connectivity index (χ2n) is 7.04. The highest BCUT2D eigenvalue weighted by atomic mass is 32.2. The summed E-state index contributed by atoms with van der Waals surface area (Å²) in [7, 11) is -3.70. The second-order valence-corrected chi connectivity index (χ2v) is 10.1. The summed E-state index contributed by atoms with van der Waals surface area (Å²) >= 11 is 1.14. The monoisotopic (exact) mass is 446 g/mol. The molecule has 30 heavy (non-hydrogen) atoms. The van der Waals surface area contributed by atoms with Crippen molar-refractivity contribution in [2.45, 2.75) is 42.9 Å². The minimum absolute atomic E-state index is 0.0273. The molecule has 2 aromatic heterocycles. The molecule has 8 nitrogen and oxygen atoms in total. The third kappa shape index (κ3) is 4.30. The van der Waals surface area contributed by atoms with Crippen LogP contribution in [0.4, 0.5) is 6.01 Å². The highest BCUT2D eigenvalue weighted by Crippen LogP contribution is 2.29. The van der Waals surface area contributed by atoms with Gasteiger partial charge in [0.05, 0.1) is 6.42 Å². The summed E-state index contributed by atoms with van der Waals surface area (Å²) in [4.78, 5) is 12.7. The molecule has 10 heteroatoms. The maximum atomic E-state index is 12.8. The molecule has 1 aliphatic heterocycles. The molecule has 0 bridgehead atoms. The zero-order chi connectivity index (χ0) is 21.1. The molecule has 0 radical (unpaired) electrons. The molecule has 3 heterocycles. The fourth-order valence-corrected chi connectivity index (χ4v) is 6.22. The third-order valence-corrected chi connectivity index (χ3v) is 8.33. The Kier molecular flexibility index (Phi) is 5.98. The first kappa shape index (κ1) is 20.7. The molecular weight excluding hydrogens is 424 g/mol. The first-order valence-corrected chi connectivity index (χ1v) is 12.1. The van der Waals surface area contributed by atoms with Gasteiger partial charge in [0.25, 0.3) is 10.0 Å². The van der Waals surface area contributed by atoms with E-state index >= 15 is 0 Å². The zero-order valence-corrected chi connectivity index (χ0v) is 18.1. The van der Waals surface area contributed by atoms with Gasteiger partial charge in [-0.15, -0.1) is 16.4 Å². The van der Waals surface area contributed by atoms with E-state index in [9.17, 15) is 13.2 Å². The Bertz CT molecular complexity index is 1110. The van der Waals surface area contributed by atoms with Crippen molar-refractivity contribution in [2.75, 3.05) is 11.9 Å². The molecule has 1 aromatic carbocycles. The van der Waals surface area contributed by atoms with Gasteiger partial charge in [-0.05, 0) is 41.8 Å². The van der Waals surface area contributed by atoms with Crippen LogP contribution >= 0.6 is 11.3 Å². The van der Waals surface area contributed by atoms with Gasteiger partial charge in [0.2, 0.25) is 11.8 Å². The topological polar surface area (TPSA) is 105 Å². The summed E-state index contributed by atoms with van der Waals surface area (Å²) in [5.41, 5.74) is 2.27. The predicted octanol–water partition coefficient (Wildman–Crippen LogP) is 3.08. The maximum Gasteiger partial charge on any atom is 0.322 e. The van der Waals surface area contributed by atoms with Crippen molar-refractivity contribution in [3.05, 3.63) is 58.8 Å². The smallest absolute Gasteiger partial charge is 0.322 e. The summed E-state index contributed by atoms with van der Waals surface area (Å²) in [6.45, 7) is 2.40. The van der Waals surface area contributed by atoms with Crippen molar-refractivity contribution in [3.8, 4) is 0 Å². The van der Waals surface area contributed by atoms with Gasteiger partial charge in [0.1, 0.15) is 10.3 Å². The number of carbonyl (C=O) groups excluding carboxylic acids is 1. The molecule has 0 aliphatic carbocycles. The summed E-state index contributed by atoms with van der Waals surface area (Å²) in [6.07, 6.45) is 2.49. The summed E-state index contributed by atoms with van der Waals surface area (Å²) in [5.74, 6) is -0.0841. The first-order valence-electron chi connectivity index (χ1n) is 9.74. The molecule has 3 aromatic rings. The van der Waals surface area contributed by atoms with Gasteiger partial charge in [-0.25, -0.2) is 8.42 Å². The van der Waals surface area contributed by atoms with Crippen LogP contribution in [0.1, 0.15) is 36.8 Å². The largest absolute Gasteiger partial charge is 0.407 e. The van der Waals surface area contributed by atoms with Crippen LogP contribution in [0.3, 0.4) is 0 Å². The lowest BCUT2D eigenvalue weighted by Gasteiger charge is -2.21. The minimum Gasteiger partial charge on any atom is -0.407 e. The third-order valence-electron chi connectivity index (χ3n) is 5.05. The van der Waals surface area contributed by atoms with Gasteiger partial charge in [-0.3, -0.25) is 10.1 Å². The summed E-state index contributed by atoms with van der Waals surface area (Å²) < 4.78 is 32.7. The Morgan fingerprint density at radius 1 is 1.23 bits per heavy atom. The number of thiophene rings is 1. The van der Waals surface area contributed by atoms with E-state index in [1.54, 1.807) is 17.5 Å². The van der Waals surface area contributed by atoms with E-state index in [0.717, 1.165) is 23.3 Å². The zero-order valence-electron chi connectivity index (χ0n) is 16.4. The number of nitrogens with one attached hydrogen (secondary N) is 1. The number of nitrogens with zero attached hydrogens (tertiary/aromatic N) is 3. The van der Waals surface area contributed by atoms with Crippen LogP contribution in [0.5, 0.6) is 0 Å². The van der Waals surface area contributed by atoms with E-state index in [2.05, 4.69) is 34.6 Å². The van der Waals surface area contributed by atoms with Crippen LogP contribution in [0.25, 0.3) is 0 Å². The molecule has 1 atom stereocenters. The van der Waals surface area contributed by atoms with Gasteiger partial charge < -0.3 is 4.42 Å². The average molecular weight is 447 g/mol. The van der Waals surface area contributed by atoms with E-state index in [1.165, 1.54) is 9.87 Å². The van der Waals surface area contributed by atoms with E-state index < -0.39 is 22.0 Å². The van der Waals surface area contributed by atoms with Crippen molar-refractivity contribution in [1.29, 1.82) is 0 Å². The van der Waals surface area contributed by atoms with Crippen LogP contribution in [0.2, 0.25) is 0 Å². The van der Waals surface area contributed by atoms with E-state index in [-0.39, 0.29) is 10.2 Å². The number of aryl methyl sites for hydroxylation is 1. The van der Waals surface area contributed by atoms with Gasteiger partial charge >= 0.3 is 6.01 Å². The van der Waals surface area contributed by atoms with Crippen molar-refractivity contribution in [1.82, 2.24) is 14.5 Å². The molecule has 1 aliphatic rings. The van der Waals surface area contributed by atoms with Gasteiger partial charge in [-0.2, -0.15) is 4.31 Å². The molecule has 158 valence electrons. The predicted molar refractivity (Wildman–Crippen MR) is 113 cm³/mol.